The molecule has 0 amide bonds. The summed E-state index contributed by atoms with van der Waals surface area (Å²) in [5.74, 6) is -1.32. The van der Waals surface area contributed by atoms with Crippen molar-refractivity contribution in [2.75, 3.05) is 5.73 Å². The van der Waals surface area contributed by atoms with Gasteiger partial charge in [0.25, 0.3) is 0 Å². The van der Waals surface area contributed by atoms with E-state index in [9.17, 15) is 23.1 Å². The Morgan fingerprint density at radius 3 is 2.18 bits per heavy atom. The minimum absolute atomic E-state index is 0.204. The topological polar surface area (TPSA) is 63.3 Å². The second-order valence-corrected chi connectivity index (χ2v) is 4.57. The Hall–Kier alpha value is -2.76. The third-order valence-corrected chi connectivity index (χ3v) is 3.02. The molecule has 0 spiro atoms. The highest BCUT2D eigenvalue weighted by molar-refractivity contribution is 6.20. The molecule has 0 aromatic heterocycles. The Morgan fingerprint density at radius 2 is 1.64 bits per heavy atom. The number of halogens is 3. The van der Waals surface area contributed by atoms with Gasteiger partial charge < -0.3 is 10.8 Å². The third-order valence-electron chi connectivity index (χ3n) is 3.02. The smallest absolute Gasteiger partial charge is 0.416 e. The summed E-state index contributed by atoms with van der Waals surface area (Å²) in [6.07, 6.45) is -3.55. The fraction of sp³-hybridized carbons (Fsp3) is 0.0625. The Balaban J connectivity index is 2.57. The number of rotatable bonds is 3. The Morgan fingerprint density at radius 1 is 1.05 bits per heavy atom. The van der Waals surface area contributed by atoms with Crippen LogP contribution in [0.3, 0.4) is 0 Å². The summed E-state index contributed by atoms with van der Waals surface area (Å²) < 4.78 is 38.9. The number of hydrogen-bond acceptors (Lipinski definition) is 2. The van der Waals surface area contributed by atoms with Crippen LogP contribution in [0.5, 0.6) is 0 Å². The number of aliphatic carboxylic acids is 1. The Bertz CT molecular complexity index is 719. The van der Waals surface area contributed by atoms with E-state index >= 15 is 0 Å². The van der Waals surface area contributed by atoms with Crippen LogP contribution in [0.25, 0.3) is 11.6 Å². The maximum absolute atomic E-state index is 13.0. The lowest BCUT2D eigenvalue weighted by atomic mass is 9.99. The zero-order chi connectivity index (χ0) is 16.3. The lowest BCUT2D eigenvalue weighted by Gasteiger charge is -2.11. The van der Waals surface area contributed by atoms with Gasteiger partial charge in [0.05, 0.1) is 11.1 Å². The number of alkyl halides is 3. The molecule has 6 heteroatoms. The predicted octanol–water partition coefficient (Wildman–Crippen LogP) is 3.91. The van der Waals surface area contributed by atoms with Crippen molar-refractivity contribution < 1.29 is 23.1 Å². The highest BCUT2D eigenvalue weighted by Crippen LogP contribution is 2.33. The molecular weight excluding hydrogens is 295 g/mol. The summed E-state index contributed by atoms with van der Waals surface area (Å²) in [6, 6.07) is 10.7. The van der Waals surface area contributed by atoms with E-state index in [2.05, 4.69) is 0 Å². The lowest BCUT2D eigenvalue weighted by Crippen LogP contribution is -2.08. The van der Waals surface area contributed by atoms with Gasteiger partial charge in [0, 0.05) is 5.69 Å². The average Bonchev–Trinajstić information content (AvgIpc) is 2.45. The summed E-state index contributed by atoms with van der Waals surface area (Å²) in [7, 11) is 0. The number of carboxylic acids is 1. The summed E-state index contributed by atoms with van der Waals surface area (Å²) in [5, 5.41) is 9.27. The predicted molar refractivity (Wildman–Crippen MR) is 77.8 cm³/mol. The van der Waals surface area contributed by atoms with Gasteiger partial charge in [-0.15, -0.1) is 0 Å². The van der Waals surface area contributed by atoms with E-state index in [1.807, 2.05) is 0 Å². The normalized spacial score (nSPS) is 12.2. The van der Waals surface area contributed by atoms with Gasteiger partial charge in [-0.1, -0.05) is 30.3 Å². The first-order valence-corrected chi connectivity index (χ1v) is 6.26. The van der Waals surface area contributed by atoms with Crippen molar-refractivity contribution in [2.24, 2.45) is 0 Å². The van der Waals surface area contributed by atoms with Crippen molar-refractivity contribution in [3.63, 3.8) is 0 Å². The average molecular weight is 307 g/mol. The van der Waals surface area contributed by atoms with Crippen molar-refractivity contribution in [3.8, 4) is 0 Å². The Labute approximate surface area is 124 Å². The fourth-order valence-corrected chi connectivity index (χ4v) is 1.97. The zero-order valence-electron chi connectivity index (χ0n) is 11.3. The monoisotopic (exact) mass is 307 g/mol. The largest absolute Gasteiger partial charge is 0.478 e. The SMILES string of the molecule is Nc1ccc(/C(=C/c2ccccc2C(F)(F)F)C(=O)O)cc1. The summed E-state index contributed by atoms with van der Waals surface area (Å²) in [4.78, 5) is 11.4. The van der Waals surface area contributed by atoms with Crippen LogP contribution in [0, 0.1) is 0 Å². The maximum atomic E-state index is 13.0. The molecule has 2 aromatic carbocycles. The van der Waals surface area contributed by atoms with Crippen molar-refractivity contribution in [3.05, 3.63) is 65.2 Å². The number of hydrogen-bond donors (Lipinski definition) is 2. The second-order valence-electron chi connectivity index (χ2n) is 4.57. The number of nitrogen functional groups attached to an aromatic ring is 1. The van der Waals surface area contributed by atoms with Crippen LogP contribution in [0.15, 0.2) is 48.5 Å². The van der Waals surface area contributed by atoms with Crippen molar-refractivity contribution in [1.82, 2.24) is 0 Å². The quantitative estimate of drug-likeness (QED) is 0.513. The molecule has 0 atom stereocenters. The van der Waals surface area contributed by atoms with E-state index in [0.717, 1.165) is 12.1 Å². The standard InChI is InChI=1S/C16H12F3NO2/c17-16(18,19)14-4-2-1-3-11(14)9-13(15(21)22)10-5-7-12(20)8-6-10/h1-9H,20H2,(H,21,22)/b13-9-. The molecule has 3 N–H and O–H groups in total. The summed E-state index contributed by atoms with van der Waals surface area (Å²) >= 11 is 0. The molecule has 0 heterocycles. The molecule has 0 unspecified atom stereocenters. The number of nitrogens with two attached hydrogens (primary N) is 1. The minimum atomic E-state index is -4.56. The van der Waals surface area contributed by atoms with Crippen LogP contribution < -0.4 is 5.73 Å². The van der Waals surface area contributed by atoms with Gasteiger partial charge in [-0.25, -0.2) is 4.79 Å². The molecule has 0 bridgehead atoms. The second kappa shape index (κ2) is 5.93. The van der Waals surface area contributed by atoms with E-state index in [4.69, 9.17) is 5.73 Å². The number of carboxylic acid groups (broad SMARTS) is 1. The molecule has 22 heavy (non-hydrogen) atoms. The van der Waals surface area contributed by atoms with Crippen LogP contribution >= 0.6 is 0 Å². The molecule has 3 nitrogen and oxygen atoms in total. The first-order valence-electron chi connectivity index (χ1n) is 6.26. The summed E-state index contributed by atoms with van der Waals surface area (Å²) in [6.45, 7) is 0. The van der Waals surface area contributed by atoms with Crippen LogP contribution in [-0.4, -0.2) is 11.1 Å². The first-order chi connectivity index (χ1) is 10.3. The van der Waals surface area contributed by atoms with Crippen LogP contribution in [0.1, 0.15) is 16.7 Å². The van der Waals surface area contributed by atoms with Gasteiger partial charge in [0.2, 0.25) is 0 Å². The maximum Gasteiger partial charge on any atom is 0.416 e. The molecule has 2 aromatic rings. The van der Waals surface area contributed by atoms with Gasteiger partial charge >= 0.3 is 12.1 Å². The highest BCUT2D eigenvalue weighted by atomic mass is 19.4. The van der Waals surface area contributed by atoms with Crippen molar-refractivity contribution in [2.45, 2.75) is 6.18 Å². The molecule has 0 aliphatic carbocycles. The van der Waals surface area contributed by atoms with E-state index in [-0.39, 0.29) is 16.7 Å². The highest BCUT2D eigenvalue weighted by Gasteiger charge is 2.32. The third kappa shape index (κ3) is 3.46. The molecule has 0 saturated heterocycles. The van der Waals surface area contributed by atoms with Gasteiger partial charge in [0.15, 0.2) is 0 Å². The fourth-order valence-electron chi connectivity index (χ4n) is 1.97. The first kappa shape index (κ1) is 15.6. The molecule has 0 fully saturated rings. The van der Waals surface area contributed by atoms with Gasteiger partial charge in [-0.05, 0) is 35.4 Å². The zero-order valence-corrected chi connectivity index (χ0v) is 11.3. The molecule has 0 aliphatic heterocycles. The van der Waals surface area contributed by atoms with Crippen LogP contribution in [0.2, 0.25) is 0 Å². The van der Waals surface area contributed by atoms with Crippen molar-refractivity contribution >= 4 is 23.3 Å². The molecule has 114 valence electrons. The number of anilines is 1. The van der Waals surface area contributed by atoms with Gasteiger partial charge in [-0.3, -0.25) is 0 Å². The molecule has 0 saturated carbocycles. The van der Waals surface area contributed by atoms with E-state index in [1.165, 1.54) is 42.5 Å². The molecule has 0 radical (unpaired) electrons. The summed E-state index contributed by atoms with van der Waals surface area (Å²) in [5.41, 5.74) is 4.90. The van der Waals surface area contributed by atoms with Gasteiger partial charge in [0.1, 0.15) is 0 Å². The van der Waals surface area contributed by atoms with Crippen LogP contribution in [-0.2, 0) is 11.0 Å². The molecular formula is C16H12F3NO2. The van der Waals surface area contributed by atoms with Crippen LogP contribution in [0.4, 0.5) is 18.9 Å². The number of carbonyl (C=O) groups is 1. The lowest BCUT2D eigenvalue weighted by molar-refractivity contribution is -0.137. The van der Waals surface area contributed by atoms with Crippen molar-refractivity contribution in [1.29, 1.82) is 0 Å². The Kier molecular flexibility index (Phi) is 4.21. The molecule has 2 rings (SSSR count). The molecule has 0 aliphatic rings. The van der Waals surface area contributed by atoms with E-state index in [0.29, 0.717) is 5.69 Å². The minimum Gasteiger partial charge on any atom is -0.478 e. The van der Waals surface area contributed by atoms with Gasteiger partial charge in [-0.2, -0.15) is 13.2 Å². The van der Waals surface area contributed by atoms with E-state index in [1.54, 1.807) is 0 Å². The van der Waals surface area contributed by atoms with E-state index < -0.39 is 17.7 Å². The number of benzene rings is 2.